The molecule has 1 aromatic carbocycles. The predicted octanol–water partition coefficient (Wildman–Crippen LogP) is 5.89. The highest BCUT2D eigenvalue weighted by atomic mass is 16.9. The fourth-order valence-corrected chi connectivity index (χ4v) is 3.27. The van der Waals surface area contributed by atoms with Crippen LogP contribution in [0, 0.1) is 0 Å². The lowest BCUT2D eigenvalue weighted by molar-refractivity contribution is -0.381. The summed E-state index contributed by atoms with van der Waals surface area (Å²) in [4.78, 5) is 0. The summed E-state index contributed by atoms with van der Waals surface area (Å²) in [5.41, 5.74) is 1.22. The minimum absolute atomic E-state index is 0.0785. The van der Waals surface area contributed by atoms with Crippen molar-refractivity contribution in [3.05, 3.63) is 35.9 Å². The number of methoxy groups -OCH3 is 1. The third-order valence-corrected chi connectivity index (χ3v) is 4.45. The quantitative estimate of drug-likeness (QED) is 0.313. The lowest BCUT2D eigenvalue weighted by Crippen LogP contribution is -2.44. The van der Waals surface area contributed by atoms with Gasteiger partial charge in [0.1, 0.15) is 0 Å². The van der Waals surface area contributed by atoms with E-state index in [4.69, 9.17) is 14.2 Å². The van der Waals surface area contributed by atoms with Crippen LogP contribution in [0.3, 0.4) is 0 Å². The molecule has 0 fully saturated rings. The molecule has 0 amide bonds. The summed E-state index contributed by atoms with van der Waals surface area (Å²) in [7, 11) is 1.68. The Kier molecular flexibility index (Phi) is 11.0. The normalized spacial score (nSPS) is 13.2. The molecular formula is C21H36O3. The fourth-order valence-electron chi connectivity index (χ4n) is 3.27. The minimum atomic E-state index is -0.992. The number of ether oxygens (including phenoxy) is 3. The van der Waals surface area contributed by atoms with E-state index >= 15 is 0 Å². The summed E-state index contributed by atoms with van der Waals surface area (Å²) in [6.07, 6.45) is 8.67. The SMILES string of the molecule is CCCCCCCCC(c1ccccc1)C(OC)(OCC)OCC. The first-order valence-corrected chi connectivity index (χ1v) is 9.62. The molecule has 0 saturated carbocycles. The first-order chi connectivity index (χ1) is 11.7. The molecule has 0 aliphatic carbocycles. The second-order valence-electron chi connectivity index (χ2n) is 6.19. The Morgan fingerprint density at radius 1 is 0.833 bits per heavy atom. The lowest BCUT2D eigenvalue weighted by atomic mass is 9.90. The molecule has 0 radical (unpaired) electrons. The zero-order valence-corrected chi connectivity index (χ0v) is 16.1. The molecule has 0 saturated heterocycles. The summed E-state index contributed by atoms with van der Waals surface area (Å²) >= 11 is 0. The van der Waals surface area contributed by atoms with Crippen molar-refractivity contribution in [2.45, 2.75) is 77.6 Å². The molecule has 1 aromatic rings. The Bertz CT molecular complexity index is 399. The van der Waals surface area contributed by atoms with E-state index in [0.29, 0.717) is 13.2 Å². The molecular weight excluding hydrogens is 300 g/mol. The summed E-state index contributed by atoms with van der Waals surface area (Å²) < 4.78 is 17.8. The largest absolute Gasteiger partial charge is 0.330 e. The van der Waals surface area contributed by atoms with Gasteiger partial charge in [0.15, 0.2) is 0 Å². The second-order valence-corrected chi connectivity index (χ2v) is 6.19. The summed E-state index contributed by atoms with van der Waals surface area (Å²) in [6, 6.07) is 10.5. The first-order valence-electron chi connectivity index (χ1n) is 9.62. The molecule has 0 bridgehead atoms. The predicted molar refractivity (Wildman–Crippen MR) is 100 cm³/mol. The highest BCUT2D eigenvalue weighted by Crippen LogP contribution is 2.38. The van der Waals surface area contributed by atoms with Gasteiger partial charge in [-0.05, 0) is 25.8 Å². The highest BCUT2D eigenvalue weighted by molar-refractivity contribution is 5.21. The maximum absolute atomic E-state index is 5.99. The number of hydrogen-bond acceptors (Lipinski definition) is 3. The second kappa shape index (κ2) is 12.5. The average molecular weight is 337 g/mol. The van der Waals surface area contributed by atoms with Crippen LogP contribution in [0.4, 0.5) is 0 Å². The number of hydrogen-bond donors (Lipinski definition) is 0. The molecule has 0 aliphatic rings. The van der Waals surface area contributed by atoms with Crippen LogP contribution in [0.5, 0.6) is 0 Å². The maximum atomic E-state index is 5.99. The Balaban J connectivity index is 2.83. The maximum Gasteiger partial charge on any atom is 0.289 e. The van der Waals surface area contributed by atoms with Gasteiger partial charge in [0.2, 0.25) is 0 Å². The number of unbranched alkanes of at least 4 members (excludes halogenated alkanes) is 5. The molecule has 1 atom stereocenters. The van der Waals surface area contributed by atoms with Crippen LogP contribution in [0.1, 0.15) is 77.2 Å². The summed E-state index contributed by atoms with van der Waals surface area (Å²) in [6.45, 7) is 7.35. The molecule has 24 heavy (non-hydrogen) atoms. The van der Waals surface area contributed by atoms with E-state index in [2.05, 4.69) is 31.2 Å². The van der Waals surface area contributed by atoms with Crippen LogP contribution in [-0.2, 0) is 14.2 Å². The molecule has 0 aromatic heterocycles. The van der Waals surface area contributed by atoms with Gasteiger partial charge in [-0.1, -0.05) is 75.8 Å². The lowest BCUT2D eigenvalue weighted by Gasteiger charge is -2.38. The van der Waals surface area contributed by atoms with Crippen LogP contribution in [0.2, 0.25) is 0 Å². The van der Waals surface area contributed by atoms with Crippen LogP contribution >= 0.6 is 0 Å². The summed E-state index contributed by atoms with van der Waals surface area (Å²) in [5, 5.41) is 0. The van der Waals surface area contributed by atoms with E-state index in [-0.39, 0.29) is 5.92 Å². The van der Waals surface area contributed by atoms with Crippen molar-refractivity contribution in [3.63, 3.8) is 0 Å². The smallest absolute Gasteiger partial charge is 0.289 e. The van der Waals surface area contributed by atoms with Gasteiger partial charge >= 0.3 is 0 Å². The van der Waals surface area contributed by atoms with E-state index in [1.165, 1.54) is 37.7 Å². The van der Waals surface area contributed by atoms with Gasteiger partial charge in [0.05, 0.1) is 5.92 Å². The van der Waals surface area contributed by atoms with Gasteiger partial charge in [-0.15, -0.1) is 0 Å². The van der Waals surface area contributed by atoms with E-state index in [9.17, 15) is 0 Å². The van der Waals surface area contributed by atoms with E-state index < -0.39 is 5.97 Å². The van der Waals surface area contributed by atoms with E-state index in [0.717, 1.165) is 12.8 Å². The Morgan fingerprint density at radius 2 is 1.42 bits per heavy atom. The highest BCUT2D eigenvalue weighted by Gasteiger charge is 2.42. The Labute approximate surface area is 148 Å². The van der Waals surface area contributed by atoms with Gasteiger partial charge < -0.3 is 14.2 Å². The molecule has 0 heterocycles. The molecule has 0 N–H and O–H groups in total. The van der Waals surface area contributed by atoms with Crippen LogP contribution < -0.4 is 0 Å². The van der Waals surface area contributed by atoms with Crippen LogP contribution in [-0.4, -0.2) is 26.3 Å². The van der Waals surface area contributed by atoms with Crippen molar-refractivity contribution >= 4 is 0 Å². The minimum Gasteiger partial charge on any atom is -0.330 e. The van der Waals surface area contributed by atoms with Crippen molar-refractivity contribution in [1.82, 2.24) is 0 Å². The molecule has 3 nitrogen and oxygen atoms in total. The Morgan fingerprint density at radius 3 is 1.96 bits per heavy atom. The van der Waals surface area contributed by atoms with E-state index in [1.807, 2.05) is 19.9 Å². The number of rotatable bonds is 14. The average Bonchev–Trinajstić information content (AvgIpc) is 2.62. The summed E-state index contributed by atoms with van der Waals surface area (Å²) in [5.74, 6) is -0.913. The van der Waals surface area contributed by atoms with Gasteiger partial charge in [-0.3, -0.25) is 0 Å². The molecule has 3 heteroatoms. The molecule has 1 unspecified atom stereocenters. The zero-order chi connectivity index (χ0) is 17.7. The third-order valence-electron chi connectivity index (χ3n) is 4.45. The first kappa shape index (κ1) is 21.1. The monoisotopic (exact) mass is 336 g/mol. The fraction of sp³-hybridized carbons (Fsp3) is 0.714. The van der Waals surface area contributed by atoms with Gasteiger partial charge in [0.25, 0.3) is 5.97 Å². The zero-order valence-electron chi connectivity index (χ0n) is 16.1. The van der Waals surface area contributed by atoms with Gasteiger partial charge in [-0.2, -0.15) is 0 Å². The van der Waals surface area contributed by atoms with Crippen molar-refractivity contribution in [2.24, 2.45) is 0 Å². The van der Waals surface area contributed by atoms with Crippen LogP contribution in [0.25, 0.3) is 0 Å². The number of benzene rings is 1. The van der Waals surface area contributed by atoms with Crippen molar-refractivity contribution in [3.8, 4) is 0 Å². The topological polar surface area (TPSA) is 27.7 Å². The van der Waals surface area contributed by atoms with Crippen molar-refractivity contribution in [2.75, 3.05) is 20.3 Å². The van der Waals surface area contributed by atoms with Gasteiger partial charge in [-0.25, -0.2) is 0 Å². The Hall–Kier alpha value is -0.900. The van der Waals surface area contributed by atoms with Gasteiger partial charge in [0, 0.05) is 20.3 Å². The molecule has 0 spiro atoms. The third kappa shape index (κ3) is 6.54. The molecule has 0 aliphatic heterocycles. The molecule has 1 rings (SSSR count). The van der Waals surface area contributed by atoms with E-state index in [1.54, 1.807) is 7.11 Å². The van der Waals surface area contributed by atoms with Crippen molar-refractivity contribution < 1.29 is 14.2 Å². The van der Waals surface area contributed by atoms with Crippen molar-refractivity contribution in [1.29, 1.82) is 0 Å². The standard InChI is InChI=1S/C21H36O3/c1-5-8-9-10-11-15-18-20(19-16-13-12-14-17-19)21(22-4,23-6-2)24-7-3/h12-14,16-17,20H,5-11,15,18H2,1-4H3. The van der Waals surface area contributed by atoms with Crippen LogP contribution in [0.15, 0.2) is 30.3 Å². The molecule has 138 valence electrons.